The minimum absolute atomic E-state index is 0.0408. The molecule has 1 heterocycles. The minimum Gasteiger partial charge on any atom is -0.398 e. The molecule has 0 saturated heterocycles. The lowest BCUT2D eigenvalue weighted by molar-refractivity contribution is 0.0901. The largest absolute Gasteiger partial charge is 0.398 e. The van der Waals surface area contributed by atoms with Gasteiger partial charge in [-0.2, -0.15) is 11.3 Å². The Labute approximate surface area is 188 Å². The van der Waals surface area contributed by atoms with E-state index in [9.17, 15) is 4.79 Å². The fourth-order valence-electron chi connectivity index (χ4n) is 4.12. The molecule has 1 unspecified atom stereocenters. The van der Waals surface area contributed by atoms with Gasteiger partial charge >= 0.3 is 0 Å². The van der Waals surface area contributed by atoms with E-state index < -0.39 is 0 Å². The Morgan fingerprint density at radius 2 is 1.90 bits per heavy atom. The lowest BCUT2D eigenvalue weighted by atomic mass is 9.77. The minimum atomic E-state index is -0.115. The van der Waals surface area contributed by atoms with Crippen LogP contribution in [0.3, 0.4) is 0 Å². The Bertz CT molecular complexity index is 1050. The van der Waals surface area contributed by atoms with Gasteiger partial charge in [-0.25, -0.2) is 0 Å². The van der Waals surface area contributed by atoms with Crippen molar-refractivity contribution < 1.29 is 4.79 Å². The van der Waals surface area contributed by atoms with Crippen molar-refractivity contribution in [3.05, 3.63) is 87.1 Å². The summed E-state index contributed by atoms with van der Waals surface area (Å²) in [5, 5.41) is 16.1. The summed E-state index contributed by atoms with van der Waals surface area (Å²) < 4.78 is 0. The predicted octanol–water partition coefficient (Wildman–Crippen LogP) is 5.97. The van der Waals surface area contributed by atoms with Crippen LogP contribution in [-0.4, -0.2) is 11.6 Å². The van der Waals surface area contributed by atoms with Crippen LogP contribution < -0.4 is 11.1 Å². The molecule has 1 aliphatic rings. The number of benzene rings is 2. The number of aryl methyl sites for hydroxylation is 1. The average molecular weight is 432 g/mol. The van der Waals surface area contributed by atoms with Crippen LogP contribution in [0.4, 0.5) is 5.69 Å². The van der Waals surface area contributed by atoms with Gasteiger partial charge in [0.05, 0.1) is 11.8 Å². The number of rotatable bonds is 8. The molecule has 0 spiro atoms. The molecular formula is C26H29N3OS. The summed E-state index contributed by atoms with van der Waals surface area (Å²) in [5.41, 5.74) is 11.4. The van der Waals surface area contributed by atoms with E-state index in [1.807, 2.05) is 12.1 Å². The number of hydrogen-bond acceptors (Lipinski definition) is 4. The highest BCUT2D eigenvalue weighted by Gasteiger charge is 2.30. The molecule has 1 aliphatic carbocycles. The normalized spacial score (nSPS) is 14.6. The molecule has 5 heteroatoms. The van der Waals surface area contributed by atoms with Gasteiger partial charge in [-0.05, 0) is 71.3 Å². The molecule has 1 fully saturated rings. The first-order valence-corrected chi connectivity index (χ1v) is 11.9. The Kier molecular flexibility index (Phi) is 6.52. The lowest BCUT2D eigenvalue weighted by Crippen LogP contribution is -2.36. The third-order valence-corrected chi connectivity index (χ3v) is 6.88. The molecule has 0 aliphatic heterocycles. The van der Waals surface area contributed by atoms with Crippen LogP contribution in [0.1, 0.15) is 71.3 Å². The smallest absolute Gasteiger partial charge is 0.251 e. The van der Waals surface area contributed by atoms with Crippen LogP contribution in [0.25, 0.3) is 0 Å². The maximum atomic E-state index is 13.1. The zero-order valence-electron chi connectivity index (χ0n) is 17.9. The van der Waals surface area contributed by atoms with Gasteiger partial charge in [0, 0.05) is 22.4 Å². The van der Waals surface area contributed by atoms with E-state index in [0.717, 1.165) is 31.2 Å². The van der Waals surface area contributed by atoms with Gasteiger partial charge in [0.25, 0.3) is 5.91 Å². The van der Waals surface area contributed by atoms with Crippen LogP contribution in [0.15, 0.2) is 59.3 Å². The van der Waals surface area contributed by atoms with Crippen LogP contribution >= 0.6 is 11.3 Å². The molecular weight excluding hydrogens is 402 g/mol. The number of amides is 1. The number of carbonyl (C=O) groups is 1. The second-order valence-corrected chi connectivity index (χ2v) is 9.10. The summed E-state index contributed by atoms with van der Waals surface area (Å²) in [7, 11) is 0. The van der Waals surface area contributed by atoms with Crippen molar-refractivity contribution in [2.75, 3.05) is 5.73 Å². The highest BCUT2D eigenvalue weighted by Crippen LogP contribution is 2.38. The maximum absolute atomic E-state index is 13.1. The van der Waals surface area contributed by atoms with E-state index in [2.05, 4.69) is 41.2 Å². The Morgan fingerprint density at radius 3 is 2.52 bits per heavy atom. The van der Waals surface area contributed by atoms with Crippen LogP contribution in [-0.2, 0) is 6.42 Å². The molecule has 3 aromatic rings. The lowest BCUT2D eigenvalue weighted by Gasteiger charge is -2.34. The predicted molar refractivity (Wildman–Crippen MR) is 129 cm³/mol. The van der Waals surface area contributed by atoms with Crippen molar-refractivity contribution in [3.63, 3.8) is 0 Å². The van der Waals surface area contributed by atoms with E-state index in [0.29, 0.717) is 28.4 Å². The van der Waals surface area contributed by atoms with Gasteiger partial charge in [0.1, 0.15) is 0 Å². The van der Waals surface area contributed by atoms with Crippen molar-refractivity contribution >= 4 is 28.6 Å². The molecule has 160 valence electrons. The molecule has 0 radical (unpaired) electrons. The number of hydrogen-bond donors (Lipinski definition) is 3. The summed E-state index contributed by atoms with van der Waals surface area (Å²) in [5.74, 6) is 0.377. The monoisotopic (exact) mass is 431 g/mol. The highest BCUT2D eigenvalue weighted by atomic mass is 32.1. The molecule has 1 amide bonds. The average Bonchev–Trinajstić information content (AvgIpc) is 3.27. The van der Waals surface area contributed by atoms with E-state index in [1.165, 1.54) is 17.5 Å². The third kappa shape index (κ3) is 4.72. The third-order valence-electron chi connectivity index (χ3n) is 6.18. The molecule has 1 aromatic heterocycles. The number of anilines is 1. The summed E-state index contributed by atoms with van der Waals surface area (Å²) in [6, 6.07) is 15.4. The van der Waals surface area contributed by atoms with Crippen molar-refractivity contribution in [3.8, 4) is 0 Å². The molecule has 4 N–H and O–H groups in total. The zero-order chi connectivity index (χ0) is 21.8. The first-order chi connectivity index (χ1) is 15.1. The summed E-state index contributed by atoms with van der Waals surface area (Å²) in [6.07, 6.45) is 5.63. The van der Waals surface area contributed by atoms with Crippen LogP contribution in [0.5, 0.6) is 0 Å². The second-order valence-electron chi connectivity index (χ2n) is 8.32. The van der Waals surface area contributed by atoms with E-state index in [-0.39, 0.29) is 11.9 Å². The summed E-state index contributed by atoms with van der Waals surface area (Å²) >= 11 is 1.66. The Balaban J connectivity index is 1.55. The first-order valence-electron chi connectivity index (χ1n) is 11.0. The van der Waals surface area contributed by atoms with Gasteiger partial charge in [-0.1, -0.05) is 44.0 Å². The summed E-state index contributed by atoms with van der Waals surface area (Å²) in [4.78, 5) is 13.1. The van der Waals surface area contributed by atoms with E-state index in [1.54, 1.807) is 29.5 Å². The van der Waals surface area contributed by atoms with Crippen molar-refractivity contribution in [1.82, 2.24) is 5.32 Å². The number of nitrogens with two attached hydrogens (primary N) is 1. The van der Waals surface area contributed by atoms with Gasteiger partial charge in [-0.15, -0.1) is 0 Å². The van der Waals surface area contributed by atoms with Crippen LogP contribution in [0, 0.1) is 11.3 Å². The summed E-state index contributed by atoms with van der Waals surface area (Å²) in [6.45, 7) is 2.15. The van der Waals surface area contributed by atoms with Gasteiger partial charge < -0.3 is 11.1 Å². The molecule has 1 atom stereocenters. The zero-order valence-corrected chi connectivity index (χ0v) is 18.7. The Morgan fingerprint density at radius 1 is 1.16 bits per heavy atom. The van der Waals surface area contributed by atoms with Gasteiger partial charge in [-0.3, -0.25) is 10.2 Å². The van der Waals surface area contributed by atoms with Crippen molar-refractivity contribution in [2.45, 2.75) is 45.1 Å². The Hall–Kier alpha value is -2.92. The molecule has 31 heavy (non-hydrogen) atoms. The topological polar surface area (TPSA) is 79.0 Å². The molecule has 1 saturated carbocycles. The first kappa shape index (κ1) is 21.3. The molecule has 4 nitrogen and oxygen atoms in total. The number of nitrogen functional groups attached to an aromatic ring is 1. The number of nitrogens with one attached hydrogen (secondary N) is 2. The fourth-order valence-corrected chi connectivity index (χ4v) is 4.82. The van der Waals surface area contributed by atoms with Gasteiger partial charge in [0.2, 0.25) is 0 Å². The van der Waals surface area contributed by atoms with Gasteiger partial charge in [0.15, 0.2) is 0 Å². The molecule has 0 bridgehead atoms. The quantitative estimate of drug-likeness (QED) is 0.303. The number of carbonyl (C=O) groups excluding carboxylic acids is 1. The maximum Gasteiger partial charge on any atom is 0.251 e. The highest BCUT2D eigenvalue weighted by molar-refractivity contribution is 7.08. The molecule has 2 aromatic carbocycles. The second kappa shape index (κ2) is 9.48. The van der Waals surface area contributed by atoms with Crippen LogP contribution in [0.2, 0.25) is 0 Å². The van der Waals surface area contributed by atoms with Crippen molar-refractivity contribution in [2.24, 2.45) is 5.92 Å². The standard InChI is InChI=1S/C26H29N3OS/c1-2-4-17-7-9-18(10-8-17)24(28)22-15-20(11-12-23(22)27)26(30)29-25(19-5-3-6-19)21-13-14-31-16-21/h7-16,19,25,28H,2-6,27H2,1H3,(H,29,30). The van der Waals surface area contributed by atoms with Crippen molar-refractivity contribution in [1.29, 1.82) is 5.41 Å². The van der Waals surface area contributed by atoms with E-state index >= 15 is 0 Å². The SMILES string of the molecule is CCCc1ccc(C(=N)c2cc(C(=O)NC(c3ccsc3)C3CCC3)ccc2N)cc1. The molecule has 4 rings (SSSR count). The van der Waals surface area contributed by atoms with E-state index in [4.69, 9.17) is 11.1 Å². The fraction of sp³-hybridized carbons (Fsp3) is 0.308. The number of thiophene rings is 1.